The molecule has 7 nitrogen and oxygen atoms in total. The van der Waals surface area contributed by atoms with Gasteiger partial charge in [-0.15, -0.1) is 0 Å². The number of fused-ring (bicyclic) bond motifs is 1. The van der Waals surface area contributed by atoms with Crippen molar-refractivity contribution in [3.8, 4) is 0 Å². The fourth-order valence-electron chi connectivity index (χ4n) is 1.96. The van der Waals surface area contributed by atoms with Gasteiger partial charge in [-0.25, -0.2) is 14.4 Å². The van der Waals surface area contributed by atoms with Crippen molar-refractivity contribution in [3.05, 3.63) is 24.0 Å². The van der Waals surface area contributed by atoms with Crippen molar-refractivity contribution < 1.29 is 9.18 Å². The summed E-state index contributed by atoms with van der Waals surface area (Å²) in [5.74, 6) is 0.402. The Balaban J connectivity index is 1.86. The Hall–Kier alpha value is -2.22. The van der Waals surface area contributed by atoms with Crippen LogP contribution < -0.4 is 10.7 Å². The van der Waals surface area contributed by atoms with Crippen LogP contribution in [-0.2, 0) is 0 Å². The summed E-state index contributed by atoms with van der Waals surface area (Å²) >= 11 is 0. The number of carbonyl (C=O) groups is 1. The smallest absolute Gasteiger partial charge is 0.271 e. The monoisotopic (exact) mass is 264 g/mol. The quantitative estimate of drug-likeness (QED) is 0.820. The minimum atomic E-state index is -0.863. The van der Waals surface area contributed by atoms with E-state index in [1.165, 1.54) is 11.2 Å². The highest BCUT2D eigenvalue weighted by molar-refractivity contribution is 5.99. The lowest BCUT2D eigenvalue weighted by Crippen LogP contribution is -2.57. The van der Waals surface area contributed by atoms with E-state index in [1.54, 1.807) is 23.8 Å². The SMILES string of the molecule is CNc1ccnc2c(C(=O)NN3CC(F)C3)cnn12. The first-order valence-corrected chi connectivity index (χ1v) is 5.89. The molecule has 0 aromatic carbocycles. The van der Waals surface area contributed by atoms with Crippen molar-refractivity contribution in [1.29, 1.82) is 0 Å². The van der Waals surface area contributed by atoms with E-state index >= 15 is 0 Å². The normalized spacial score (nSPS) is 16.3. The molecule has 0 saturated carbocycles. The molecule has 1 fully saturated rings. The van der Waals surface area contributed by atoms with E-state index in [2.05, 4.69) is 20.8 Å². The van der Waals surface area contributed by atoms with Gasteiger partial charge in [0.15, 0.2) is 5.65 Å². The zero-order valence-electron chi connectivity index (χ0n) is 10.3. The summed E-state index contributed by atoms with van der Waals surface area (Å²) < 4.78 is 14.2. The van der Waals surface area contributed by atoms with E-state index in [9.17, 15) is 9.18 Å². The first-order chi connectivity index (χ1) is 9.19. The summed E-state index contributed by atoms with van der Waals surface area (Å²) in [6.45, 7) is 0.445. The molecule has 0 spiro atoms. The highest BCUT2D eigenvalue weighted by atomic mass is 19.1. The van der Waals surface area contributed by atoms with E-state index in [4.69, 9.17) is 0 Å². The van der Waals surface area contributed by atoms with Gasteiger partial charge in [-0.2, -0.15) is 9.61 Å². The molecule has 3 heterocycles. The molecule has 2 aromatic rings. The molecule has 2 aromatic heterocycles. The molecule has 2 N–H and O–H groups in total. The Morgan fingerprint density at radius 2 is 2.32 bits per heavy atom. The number of rotatable bonds is 3. The second kappa shape index (κ2) is 4.47. The maximum atomic E-state index is 12.7. The van der Waals surface area contributed by atoms with Crippen LogP contribution in [0.4, 0.5) is 10.2 Å². The van der Waals surface area contributed by atoms with Crippen LogP contribution in [0.15, 0.2) is 18.5 Å². The molecule has 3 rings (SSSR count). The van der Waals surface area contributed by atoms with Gasteiger partial charge >= 0.3 is 0 Å². The Kier molecular flexibility index (Phi) is 2.79. The average molecular weight is 264 g/mol. The summed E-state index contributed by atoms with van der Waals surface area (Å²) in [5.41, 5.74) is 3.44. The molecule has 0 aliphatic carbocycles. The lowest BCUT2D eigenvalue weighted by atomic mass is 10.2. The molecule has 1 amide bonds. The van der Waals surface area contributed by atoms with Gasteiger partial charge in [-0.05, 0) is 6.07 Å². The second-order valence-electron chi connectivity index (χ2n) is 4.32. The lowest BCUT2D eigenvalue weighted by Gasteiger charge is -2.33. The van der Waals surface area contributed by atoms with Crippen LogP contribution in [0.1, 0.15) is 10.4 Å². The molecular weight excluding hydrogens is 251 g/mol. The molecule has 1 aliphatic heterocycles. The maximum absolute atomic E-state index is 12.7. The zero-order valence-corrected chi connectivity index (χ0v) is 10.3. The molecular formula is C11H13FN6O. The van der Waals surface area contributed by atoms with Gasteiger partial charge in [0, 0.05) is 13.2 Å². The number of alkyl halides is 1. The summed E-state index contributed by atoms with van der Waals surface area (Å²) in [6, 6.07) is 1.75. The van der Waals surface area contributed by atoms with Crippen LogP contribution in [0, 0.1) is 0 Å². The number of nitrogens with zero attached hydrogens (tertiary/aromatic N) is 4. The Morgan fingerprint density at radius 3 is 3.00 bits per heavy atom. The van der Waals surface area contributed by atoms with E-state index in [-0.39, 0.29) is 19.0 Å². The van der Waals surface area contributed by atoms with Crippen LogP contribution >= 0.6 is 0 Å². The minimum absolute atomic E-state index is 0.222. The summed E-state index contributed by atoms with van der Waals surface area (Å²) in [6.07, 6.45) is 2.18. The first kappa shape index (κ1) is 11.8. The number of hydrazine groups is 1. The number of anilines is 1. The van der Waals surface area contributed by atoms with Crippen molar-refractivity contribution in [3.63, 3.8) is 0 Å². The summed E-state index contributed by atoms with van der Waals surface area (Å²) in [7, 11) is 1.76. The highest BCUT2D eigenvalue weighted by Crippen LogP contribution is 2.14. The summed E-state index contributed by atoms with van der Waals surface area (Å²) in [5, 5.41) is 8.60. The predicted octanol–water partition coefficient (Wildman–Crippen LogP) is 0.0695. The van der Waals surface area contributed by atoms with Crippen molar-refractivity contribution in [2.75, 3.05) is 25.5 Å². The molecule has 8 heteroatoms. The van der Waals surface area contributed by atoms with Crippen molar-refractivity contribution in [1.82, 2.24) is 25.0 Å². The topological polar surface area (TPSA) is 74.6 Å². The molecule has 0 radical (unpaired) electrons. The number of halogens is 1. The fourth-order valence-corrected chi connectivity index (χ4v) is 1.96. The molecule has 0 unspecified atom stereocenters. The van der Waals surface area contributed by atoms with Crippen molar-refractivity contribution in [2.24, 2.45) is 0 Å². The number of amides is 1. The third-order valence-electron chi connectivity index (χ3n) is 3.00. The molecule has 0 atom stereocenters. The van der Waals surface area contributed by atoms with Crippen LogP contribution in [0.2, 0.25) is 0 Å². The number of nitrogens with one attached hydrogen (secondary N) is 2. The molecule has 19 heavy (non-hydrogen) atoms. The third kappa shape index (κ3) is 1.99. The van der Waals surface area contributed by atoms with Crippen LogP contribution in [0.3, 0.4) is 0 Å². The largest absolute Gasteiger partial charge is 0.373 e. The van der Waals surface area contributed by atoms with Crippen LogP contribution in [0.25, 0.3) is 5.65 Å². The predicted molar refractivity (Wildman–Crippen MR) is 66.5 cm³/mol. The number of aromatic nitrogens is 3. The van der Waals surface area contributed by atoms with E-state index < -0.39 is 6.17 Å². The average Bonchev–Trinajstić information content (AvgIpc) is 2.80. The third-order valence-corrected chi connectivity index (χ3v) is 3.00. The lowest BCUT2D eigenvalue weighted by molar-refractivity contribution is 0.0193. The van der Waals surface area contributed by atoms with Gasteiger partial charge in [0.2, 0.25) is 0 Å². The van der Waals surface area contributed by atoms with E-state index in [0.717, 1.165) is 5.82 Å². The van der Waals surface area contributed by atoms with Crippen LogP contribution in [-0.4, -0.2) is 51.8 Å². The van der Waals surface area contributed by atoms with Gasteiger partial charge in [0.25, 0.3) is 5.91 Å². The minimum Gasteiger partial charge on any atom is -0.373 e. The van der Waals surface area contributed by atoms with Gasteiger partial charge in [0.05, 0.1) is 19.3 Å². The molecule has 1 aliphatic rings. The Labute approximate surface area is 108 Å². The van der Waals surface area contributed by atoms with Gasteiger partial charge < -0.3 is 5.32 Å². The highest BCUT2D eigenvalue weighted by Gasteiger charge is 2.28. The maximum Gasteiger partial charge on any atom is 0.271 e. The van der Waals surface area contributed by atoms with E-state index in [0.29, 0.717) is 11.2 Å². The summed E-state index contributed by atoms with van der Waals surface area (Å²) in [4.78, 5) is 16.2. The van der Waals surface area contributed by atoms with Crippen LogP contribution in [0.5, 0.6) is 0 Å². The standard InChI is InChI=1S/C11H13FN6O/c1-13-9-2-3-14-10-8(4-15-18(9)10)11(19)16-17-5-7(12)6-17/h2-4,7,13H,5-6H2,1H3,(H,16,19). The Bertz CT molecular complexity index is 621. The second-order valence-corrected chi connectivity index (χ2v) is 4.32. The molecule has 0 bridgehead atoms. The zero-order chi connectivity index (χ0) is 13.4. The number of hydrogen-bond acceptors (Lipinski definition) is 5. The molecule has 100 valence electrons. The number of carbonyl (C=O) groups excluding carboxylic acids is 1. The van der Waals surface area contributed by atoms with Crippen molar-refractivity contribution >= 4 is 17.4 Å². The van der Waals surface area contributed by atoms with Gasteiger partial charge in [0.1, 0.15) is 17.6 Å². The first-order valence-electron chi connectivity index (χ1n) is 5.89. The van der Waals surface area contributed by atoms with Crippen molar-refractivity contribution in [2.45, 2.75) is 6.17 Å². The van der Waals surface area contributed by atoms with Gasteiger partial charge in [-0.1, -0.05) is 0 Å². The van der Waals surface area contributed by atoms with Gasteiger partial charge in [-0.3, -0.25) is 10.2 Å². The number of hydrogen-bond donors (Lipinski definition) is 2. The van der Waals surface area contributed by atoms with E-state index in [1.807, 2.05) is 0 Å². The Morgan fingerprint density at radius 1 is 1.53 bits per heavy atom. The fraction of sp³-hybridized carbons (Fsp3) is 0.364. The molecule has 1 saturated heterocycles.